The Hall–Kier alpha value is -3.23. The van der Waals surface area contributed by atoms with Crippen LogP contribution in [0.3, 0.4) is 0 Å². The van der Waals surface area contributed by atoms with Crippen molar-refractivity contribution in [2.45, 2.75) is 25.6 Å². The summed E-state index contributed by atoms with van der Waals surface area (Å²) in [7, 11) is 1.20. The van der Waals surface area contributed by atoms with E-state index in [4.69, 9.17) is 17.5 Å². The minimum absolute atomic E-state index is 0.146. The lowest BCUT2D eigenvalue weighted by Gasteiger charge is -2.29. The Bertz CT molecular complexity index is 1110. The normalized spacial score (nSPS) is 15.9. The van der Waals surface area contributed by atoms with Crippen LogP contribution in [-0.4, -0.2) is 23.7 Å². The summed E-state index contributed by atoms with van der Waals surface area (Å²) >= 11 is 5.38. The van der Waals surface area contributed by atoms with Crippen LogP contribution in [0, 0.1) is 17.1 Å². The lowest BCUT2D eigenvalue weighted by molar-refractivity contribution is -0.180. The Kier molecular flexibility index (Phi) is 5.64. The Morgan fingerprint density at radius 2 is 1.77 bits per heavy atom. The molecule has 0 saturated carbocycles. The maximum atomic E-state index is 14.3. The lowest BCUT2D eigenvalue weighted by Crippen LogP contribution is -2.44. The van der Waals surface area contributed by atoms with Gasteiger partial charge in [0.15, 0.2) is 10.9 Å². The van der Waals surface area contributed by atoms with Gasteiger partial charge in [-0.2, -0.15) is 23.3 Å². The fourth-order valence-electron chi connectivity index (χ4n) is 3.25. The number of halogens is 4. The zero-order chi connectivity index (χ0) is 23.1. The molecule has 6 nitrogen and oxygen atoms in total. The third kappa shape index (κ3) is 3.80. The molecule has 1 aliphatic heterocycles. The van der Waals surface area contributed by atoms with Crippen molar-refractivity contribution in [3.05, 3.63) is 53.3 Å². The van der Waals surface area contributed by atoms with Crippen molar-refractivity contribution >= 4 is 34.6 Å². The maximum absolute atomic E-state index is 14.3. The number of carbonyl (C=O) groups is 1. The van der Waals surface area contributed by atoms with Crippen LogP contribution in [-0.2, 0) is 15.9 Å². The van der Waals surface area contributed by atoms with Crippen LogP contribution in [0.2, 0.25) is 0 Å². The first-order valence-electron chi connectivity index (χ1n) is 8.73. The summed E-state index contributed by atoms with van der Waals surface area (Å²) in [6.45, 7) is 3.01. The molecule has 2 aromatic rings. The van der Waals surface area contributed by atoms with Crippen molar-refractivity contribution in [1.82, 2.24) is 0 Å². The number of anilines is 2. The molecule has 1 fully saturated rings. The highest BCUT2D eigenvalue weighted by molar-refractivity contribution is 7.81. The zero-order valence-electron chi connectivity index (χ0n) is 16.5. The summed E-state index contributed by atoms with van der Waals surface area (Å²) in [6, 6.07) is 8.12. The second-order valence-corrected chi connectivity index (χ2v) is 7.39. The zero-order valence-corrected chi connectivity index (χ0v) is 17.3. The molecule has 3 rings (SSSR count). The number of nitrogens with zero attached hydrogens (tertiary/aromatic N) is 3. The summed E-state index contributed by atoms with van der Waals surface area (Å²) in [5.41, 5.74) is -3.07. The number of carbonyl (C=O) groups excluding carboxylic acids is 1. The Balaban J connectivity index is 2.08. The first kappa shape index (κ1) is 22.5. The molecular formula is C20H15F4N3O3S. The van der Waals surface area contributed by atoms with Crippen LogP contribution < -0.4 is 14.7 Å². The van der Waals surface area contributed by atoms with Crippen LogP contribution in [0.25, 0.3) is 0 Å². The van der Waals surface area contributed by atoms with E-state index >= 15 is 0 Å². The van der Waals surface area contributed by atoms with Crippen molar-refractivity contribution in [2.75, 3.05) is 16.9 Å². The Labute approximate surface area is 180 Å². The smallest absolute Gasteiger partial charge is 0.335 e. The molecule has 0 bridgehead atoms. The summed E-state index contributed by atoms with van der Waals surface area (Å²) in [4.78, 5) is 24.5. The van der Waals surface area contributed by atoms with E-state index < -0.39 is 34.6 Å². The third-order valence-corrected chi connectivity index (χ3v) is 5.07. The predicted octanol–water partition coefficient (Wildman–Crippen LogP) is 4.57. The van der Waals surface area contributed by atoms with Gasteiger partial charge in [0.1, 0.15) is 5.54 Å². The number of rotatable bonds is 4. The van der Waals surface area contributed by atoms with Crippen LogP contribution in [0.1, 0.15) is 25.0 Å². The molecule has 11 heteroatoms. The third-order valence-electron chi connectivity index (χ3n) is 4.70. The van der Waals surface area contributed by atoms with Gasteiger partial charge in [0, 0.05) is 11.8 Å². The van der Waals surface area contributed by atoms with Crippen molar-refractivity contribution in [2.24, 2.45) is 0 Å². The van der Waals surface area contributed by atoms with E-state index in [1.165, 1.54) is 50.1 Å². The largest absolute Gasteiger partial charge is 0.417 e. The average Bonchev–Trinajstić information content (AvgIpc) is 2.87. The molecule has 0 aliphatic carbocycles. The van der Waals surface area contributed by atoms with E-state index in [9.17, 15) is 22.4 Å². The molecule has 162 valence electrons. The molecule has 0 radical (unpaired) electrons. The van der Waals surface area contributed by atoms with Gasteiger partial charge in [-0.3, -0.25) is 9.69 Å². The molecule has 1 saturated heterocycles. The molecular weight excluding hydrogens is 438 g/mol. The van der Waals surface area contributed by atoms with Gasteiger partial charge in [0.05, 0.1) is 30.0 Å². The number of nitriles is 1. The lowest BCUT2D eigenvalue weighted by atomic mass is 10.0. The fourth-order valence-corrected chi connectivity index (χ4v) is 3.77. The van der Waals surface area contributed by atoms with Gasteiger partial charge in [0.25, 0.3) is 5.91 Å². The summed E-state index contributed by atoms with van der Waals surface area (Å²) in [6.07, 6.45) is -4.80. The highest BCUT2D eigenvalue weighted by Gasteiger charge is 2.50. The minimum atomic E-state index is -4.80. The van der Waals surface area contributed by atoms with Gasteiger partial charge in [-0.15, -0.1) is 0 Å². The molecule has 0 N–H and O–H groups in total. The monoisotopic (exact) mass is 453 g/mol. The van der Waals surface area contributed by atoms with E-state index in [-0.39, 0.29) is 22.2 Å². The minimum Gasteiger partial charge on any atom is -0.335 e. The highest BCUT2D eigenvalue weighted by atomic mass is 32.1. The summed E-state index contributed by atoms with van der Waals surface area (Å²) in [5.74, 6) is -1.60. The molecule has 2 aromatic carbocycles. The Morgan fingerprint density at radius 3 is 2.32 bits per heavy atom. The Morgan fingerprint density at radius 1 is 1.13 bits per heavy atom. The van der Waals surface area contributed by atoms with Crippen LogP contribution in [0.15, 0.2) is 36.4 Å². The first-order valence-corrected chi connectivity index (χ1v) is 9.14. The molecule has 0 aromatic heterocycles. The maximum Gasteiger partial charge on any atom is 0.417 e. The van der Waals surface area contributed by atoms with Gasteiger partial charge >= 0.3 is 6.18 Å². The quantitative estimate of drug-likeness (QED) is 0.292. The van der Waals surface area contributed by atoms with E-state index in [0.29, 0.717) is 6.07 Å². The van der Waals surface area contributed by atoms with Crippen molar-refractivity contribution in [1.29, 1.82) is 5.26 Å². The molecule has 0 unspecified atom stereocenters. The SMILES string of the molecule is COOc1ccc(N2C(=S)N(c3ccc(C#N)c(C(F)(F)F)c3)C(=O)C2(C)C)cc1F. The van der Waals surface area contributed by atoms with E-state index in [1.807, 2.05) is 0 Å². The van der Waals surface area contributed by atoms with E-state index in [0.717, 1.165) is 17.0 Å². The standard InChI is InChI=1S/C20H15F4N3O3S/c1-19(2)17(28)26(12-5-4-11(10-25)14(8-12)20(22,23)24)18(31)27(19)13-6-7-16(30-29-3)15(21)9-13/h4-9H,1-3H3. The summed E-state index contributed by atoms with van der Waals surface area (Å²) < 4.78 is 54.4. The van der Waals surface area contributed by atoms with Crippen LogP contribution in [0.5, 0.6) is 5.75 Å². The van der Waals surface area contributed by atoms with Gasteiger partial charge in [-0.05, 0) is 56.4 Å². The molecule has 1 heterocycles. The van der Waals surface area contributed by atoms with E-state index in [1.54, 1.807) is 0 Å². The average molecular weight is 453 g/mol. The van der Waals surface area contributed by atoms with Crippen molar-refractivity contribution in [3.63, 3.8) is 0 Å². The van der Waals surface area contributed by atoms with E-state index in [2.05, 4.69) is 9.78 Å². The van der Waals surface area contributed by atoms with Gasteiger partial charge < -0.3 is 9.79 Å². The van der Waals surface area contributed by atoms with Gasteiger partial charge in [0.2, 0.25) is 5.75 Å². The van der Waals surface area contributed by atoms with Crippen molar-refractivity contribution in [3.8, 4) is 11.8 Å². The van der Waals surface area contributed by atoms with Gasteiger partial charge in [-0.25, -0.2) is 4.39 Å². The molecule has 1 amide bonds. The summed E-state index contributed by atoms with van der Waals surface area (Å²) in [5, 5.41) is 8.84. The number of hydrogen-bond acceptors (Lipinski definition) is 5. The highest BCUT2D eigenvalue weighted by Crippen LogP contribution is 2.40. The number of alkyl halides is 3. The second-order valence-electron chi connectivity index (χ2n) is 7.02. The number of hydrogen-bond donors (Lipinski definition) is 0. The number of thiocarbonyl (C=S) groups is 1. The molecule has 31 heavy (non-hydrogen) atoms. The fraction of sp³-hybridized carbons (Fsp3) is 0.250. The molecule has 1 aliphatic rings. The van der Waals surface area contributed by atoms with Crippen LogP contribution in [0.4, 0.5) is 28.9 Å². The first-order chi connectivity index (χ1) is 14.4. The topological polar surface area (TPSA) is 65.8 Å². The number of amides is 1. The predicted molar refractivity (Wildman–Crippen MR) is 107 cm³/mol. The molecule has 0 spiro atoms. The van der Waals surface area contributed by atoms with Gasteiger partial charge in [-0.1, -0.05) is 0 Å². The van der Waals surface area contributed by atoms with Crippen molar-refractivity contribution < 1.29 is 32.1 Å². The number of benzene rings is 2. The van der Waals surface area contributed by atoms with Crippen LogP contribution >= 0.6 is 12.2 Å². The second kappa shape index (κ2) is 7.79. The molecule has 0 atom stereocenters.